The van der Waals surface area contributed by atoms with Crippen molar-refractivity contribution >= 4 is 12.2 Å². The molecule has 3 aliphatic heterocycles. The van der Waals surface area contributed by atoms with Gasteiger partial charge in [-0.05, 0) is 94.2 Å². The van der Waals surface area contributed by atoms with Crippen LogP contribution in [0, 0.1) is 6.92 Å². The molecular weight excluding hydrogens is 532 g/mol. The number of aromatic nitrogens is 2. The number of amides is 2. The van der Waals surface area contributed by atoms with Crippen LogP contribution in [-0.4, -0.2) is 67.6 Å². The summed E-state index contributed by atoms with van der Waals surface area (Å²) in [7, 11) is 0. The number of benzene rings is 1. The second-order valence-electron chi connectivity index (χ2n) is 14.9. The first-order valence-electron chi connectivity index (χ1n) is 15.3. The average Bonchev–Trinajstić information content (AvgIpc) is 3.19. The van der Waals surface area contributed by atoms with Crippen LogP contribution >= 0.6 is 0 Å². The van der Waals surface area contributed by atoms with Gasteiger partial charge in [0.1, 0.15) is 28.2 Å². The van der Waals surface area contributed by atoms with Gasteiger partial charge in [0.25, 0.3) is 0 Å². The molecule has 4 heterocycles. The van der Waals surface area contributed by atoms with Crippen molar-refractivity contribution in [3.8, 4) is 17.0 Å². The van der Waals surface area contributed by atoms with Gasteiger partial charge in [-0.15, -0.1) is 0 Å². The fourth-order valence-corrected chi connectivity index (χ4v) is 6.98. The van der Waals surface area contributed by atoms with Gasteiger partial charge in [-0.25, -0.2) is 9.59 Å². The largest absolute Gasteiger partial charge is 0.482 e. The van der Waals surface area contributed by atoms with Crippen molar-refractivity contribution in [1.82, 2.24) is 19.6 Å². The van der Waals surface area contributed by atoms with Gasteiger partial charge in [-0.2, -0.15) is 5.10 Å². The summed E-state index contributed by atoms with van der Waals surface area (Å²) in [6.45, 7) is 20.9. The topological polar surface area (TPSA) is 86.1 Å². The molecule has 0 saturated carbocycles. The molecule has 2 fully saturated rings. The van der Waals surface area contributed by atoms with E-state index in [2.05, 4.69) is 38.4 Å². The number of ether oxygens (including phenoxy) is 3. The van der Waals surface area contributed by atoms with E-state index < -0.39 is 22.3 Å². The molecule has 3 aliphatic rings. The molecule has 0 bridgehead atoms. The number of carbonyl (C=O) groups is 2. The van der Waals surface area contributed by atoms with Crippen molar-refractivity contribution < 1.29 is 23.8 Å². The fraction of sp³-hybridized carbons (Fsp3) is 0.667. The van der Waals surface area contributed by atoms with E-state index in [-0.39, 0.29) is 24.3 Å². The number of rotatable bonds is 1. The van der Waals surface area contributed by atoms with Crippen LogP contribution in [0.1, 0.15) is 105 Å². The summed E-state index contributed by atoms with van der Waals surface area (Å²) in [5, 5.41) is 5.28. The lowest BCUT2D eigenvalue weighted by Gasteiger charge is -2.47. The van der Waals surface area contributed by atoms with Crippen LogP contribution in [0.25, 0.3) is 11.3 Å². The Morgan fingerprint density at radius 1 is 0.976 bits per heavy atom. The third-order valence-corrected chi connectivity index (χ3v) is 8.71. The molecular formula is C33H48N4O5. The number of piperidine rings is 2. The van der Waals surface area contributed by atoms with Crippen LogP contribution in [-0.2, 0) is 15.1 Å². The number of hydrogen-bond donors (Lipinski definition) is 0. The predicted octanol–water partition coefficient (Wildman–Crippen LogP) is 7.22. The molecule has 0 radical (unpaired) electrons. The van der Waals surface area contributed by atoms with Gasteiger partial charge in [-0.3, -0.25) is 4.68 Å². The number of likely N-dealkylation sites (tertiary alicyclic amines) is 2. The molecule has 230 valence electrons. The van der Waals surface area contributed by atoms with Crippen LogP contribution in [0.2, 0.25) is 0 Å². The Labute approximate surface area is 250 Å². The van der Waals surface area contributed by atoms with E-state index in [1.54, 1.807) is 0 Å². The molecule has 1 aromatic heterocycles. The minimum Gasteiger partial charge on any atom is -0.482 e. The molecule has 1 spiro atoms. The summed E-state index contributed by atoms with van der Waals surface area (Å²) in [4.78, 5) is 29.8. The average molecular weight is 581 g/mol. The smallest absolute Gasteiger partial charge is 0.410 e. The van der Waals surface area contributed by atoms with E-state index in [1.165, 1.54) is 0 Å². The fourth-order valence-electron chi connectivity index (χ4n) is 6.98. The summed E-state index contributed by atoms with van der Waals surface area (Å²) in [5.41, 5.74) is 2.06. The van der Waals surface area contributed by atoms with Crippen LogP contribution in [0.4, 0.5) is 9.59 Å². The zero-order valence-corrected chi connectivity index (χ0v) is 27.0. The minimum atomic E-state index is -0.601. The number of fused-ring (bicyclic) bond motifs is 4. The van der Waals surface area contributed by atoms with E-state index >= 15 is 0 Å². The number of carbonyl (C=O) groups excluding carboxylic acids is 2. The normalized spacial score (nSPS) is 25.4. The molecule has 2 aromatic rings. The Bertz CT molecular complexity index is 1370. The molecule has 42 heavy (non-hydrogen) atoms. The zero-order chi connectivity index (χ0) is 30.8. The van der Waals surface area contributed by atoms with Crippen LogP contribution in [0.15, 0.2) is 24.3 Å². The molecule has 3 atom stereocenters. The maximum absolute atomic E-state index is 13.0. The van der Waals surface area contributed by atoms with Crippen LogP contribution < -0.4 is 4.74 Å². The van der Waals surface area contributed by atoms with Crippen molar-refractivity contribution in [2.24, 2.45) is 0 Å². The number of para-hydroxylation sites is 1. The van der Waals surface area contributed by atoms with E-state index in [1.807, 2.05) is 69.5 Å². The highest BCUT2D eigenvalue weighted by Crippen LogP contribution is 2.52. The van der Waals surface area contributed by atoms with Gasteiger partial charge < -0.3 is 24.0 Å². The van der Waals surface area contributed by atoms with Gasteiger partial charge >= 0.3 is 12.2 Å². The lowest BCUT2D eigenvalue weighted by Crippen LogP contribution is -2.54. The highest BCUT2D eigenvalue weighted by atomic mass is 16.6. The Balaban J connectivity index is 1.47. The quantitative estimate of drug-likeness (QED) is 0.354. The Kier molecular flexibility index (Phi) is 7.34. The van der Waals surface area contributed by atoms with Crippen molar-refractivity contribution in [2.75, 3.05) is 13.1 Å². The monoisotopic (exact) mass is 580 g/mol. The first kappa shape index (κ1) is 30.2. The molecule has 1 aromatic carbocycles. The van der Waals surface area contributed by atoms with Gasteiger partial charge in [0.2, 0.25) is 0 Å². The molecule has 0 aliphatic carbocycles. The predicted molar refractivity (Wildman–Crippen MR) is 162 cm³/mol. The van der Waals surface area contributed by atoms with Gasteiger partial charge in [-0.1, -0.05) is 12.1 Å². The SMILES string of the molecule is Cc1c2c(nn1C1CCN(C(=O)OC(C)(C)C)C(C)(C)C1)-c1ccccc1O[C@@]21CCN(C(=O)OC(C)(C)C)[C@@H](C)C1. The lowest BCUT2D eigenvalue weighted by atomic mass is 9.77. The zero-order valence-electron chi connectivity index (χ0n) is 27.0. The van der Waals surface area contributed by atoms with E-state index in [0.717, 1.165) is 41.1 Å². The highest BCUT2D eigenvalue weighted by Gasteiger charge is 2.51. The second kappa shape index (κ2) is 10.2. The van der Waals surface area contributed by atoms with Crippen LogP contribution in [0.5, 0.6) is 5.75 Å². The first-order valence-corrected chi connectivity index (χ1v) is 15.3. The maximum atomic E-state index is 13.0. The lowest BCUT2D eigenvalue weighted by molar-refractivity contribution is -0.0413. The maximum Gasteiger partial charge on any atom is 0.410 e. The molecule has 9 heteroatoms. The van der Waals surface area contributed by atoms with Gasteiger partial charge in [0.15, 0.2) is 0 Å². The second-order valence-corrected chi connectivity index (χ2v) is 14.9. The molecule has 1 unspecified atom stereocenters. The summed E-state index contributed by atoms with van der Waals surface area (Å²) in [5.74, 6) is 0.827. The summed E-state index contributed by atoms with van der Waals surface area (Å²) >= 11 is 0. The third-order valence-electron chi connectivity index (χ3n) is 8.71. The Hall–Kier alpha value is -3.23. The van der Waals surface area contributed by atoms with E-state index in [9.17, 15) is 9.59 Å². The van der Waals surface area contributed by atoms with Crippen molar-refractivity contribution in [3.05, 3.63) is 35.5 Å². The summed E-state index contributed by atoms with van der Waals surface area (Å²) in [6, 6.07) is 8.15. The van der Waals surface area contributed by atoms with E-state index in [0.29, 0.717) is 25.9 Å². The molecule has 5 rings (SSSR count). The summed E-state index contributed by atoms with van der Waals surface area (Å²) < 4.78 is 20.5. The molecule has 9 nitrogen and oxygen atoms in total. The van der Waals surface area contributed by atoms with Gasteiger partial charge in [0, 0.05) is 54.3 Å². The third kappa shape index (κ3) is 5.59. The Morgan fingerprint density at radius 2 is 1.62 bits per heavy atom. The first-order chi connectivity index (χ1) is 19.4. The number of hydrogen-bond acceptors (Lipinski definition) is 6. The van der Waals surface area contributed by atoms with Gasteiger partial charge in [0.05, 0.1) is 6.04 Å². The van der Waals surface area contributed by atoms with E-state index in [4.69, 9.17) is 19.3 Å². The van der Waals surface area contributed by atoms with Crippen molar-refractivity contribution in [1.29, 1.82) is 0 Å². The summed E-state index contributed by atoms with van der Waals surface area (Å²) in [6.07, 6.45) is 2.27. The molecule has 2 saturated heterocycles. The molecule has 0 N–H and O–H groups in total. The van der Waals surface area contributed by atoms with Crippen molar-refractivity contribution in [3.63, 3.8) is 0 Å². The standard InChI is InChI=1S/C33H48N4O5/c1-21-19-33(16-18-35(21)28(38)41-30(3,4)5)26-22(2)37(34-27(26)24-13-11-12-14-25(24)40-33)23-15-17-36(32(9,10)20-23)29(39)42-31(6,7)8/h11-14,21,23H,15-20H2,1-10H3/t21-,23?,33+/m0/s1. The van der Waals surface area contributed by atoms with Crippen molar-refractivity contribution in [2.45, 2.75) is 129 Å². The van der Waals surface area contributed by atoms with Crippen LogP contribution in [0.3, 0.4) is 0 Å². The number of nitrogens with zero attached hydrogens (tertiary/aromatic N) is 4. The Morgan fingerprint density at radius 3 is 2.24 bits per heavy atom. The highest BCUT2D eigenvalue weighted by molar-refractivity contribution is 5.75. The molecule has 2 amide bonds. The minimum absolute atomic E-state index is 0.0783.